The predicted molar refractivity (Wildman–Crippen MR) is 68.9 cm³/mol. The van der Waals surface area contributed by atoms with Gasteiger partial charge < -0.3 is 11.1 Å². The zero-order chi connectivity index (χ0) is 12.5. The molecule has 4 heteroatoms. The maximum Gasteiger partial charge on any atom is 0.322 e. The van der Waals surface area contributed by atoms with Gasteiger partial charge in [-0.05, 0) is 31.9 Å². The Morgan fingerprint density at radius 1 is 1.41 bits per heavy atom. The maximum absolute atomic E-state index is 12.1. The van der Waals surface area contributed by atoms with Crippen LogP contribution in [0.1, 0.15) is 25.8 Å². The van der Waals surface area contributed by atoms with Gasteiger partial charge in [0.15, 0.2) is 0 Å². The van der Waals surface area contributed by atoms with Crippen molar-refractivity contribution in [3.05, 3.63) is 29.8 Å². The molecule has 92 valence electrons. The van der Waals surface area contributed by atoms with Gasteiger partial charge in [0.2, 0.25) is 0 Å². The van der Waals surface area contributed by atoms with Crippen molar-refractivity contribution < 1.29 is 4.79 Å². The number of hydrogen-bond donors (Lipinski definition) is 2. The van der Waals surface area contributed by atoms with E-state index in [9.17, 15) is 4.79 Å². The Morgan fingerprint density at radius 2 is 2.12 bits per heavy atom. The molecule has 1 aromatic carbocycles. The average Bonchev–Trinajstić information content (AvgIpc) is 2.28. The lowest BCUT2D eigenvalue weighted by Crippen LogP contribution is -2.57. The minimum Gasteiger partial charge on any atom is -0.333 e. The molecule has 3 N–H and O–H groups in total. The van der Waals surface area contributed by atoms with Gasteiger partial charge in [-0.1, -0.05) is 18.2 Å². The van der Waals surface area contributed by atoms with Crippen LogP contribution in [0.4, 0.5) is 10.5 Å². The van der Waals surface area contributed by atoms with Crippen LogP contribution in [-0.2, 0) is 6.54 Å². The molecule has 1 aromatic rings. The molecule has 0 bridgehead atoms. The SMILES string of the molecule is CC1(C)CCN(c2ccccc2CN)C(=O)N1. The Kier molecular flexibility index (Phi) is 3.07. The summed E-state index contributed by atoms with van der Waals surface area (Å²) in [5, 5.41) is 3.00. The number of urea groups is 1. The van der Waals surface area contributed by atoms with Crippen molar-refractivity contribution in [2.45, 2.75) is 32.4 Å². The van der Waals surface area contributed by atoms with Crippen LogP contribution in [0, 0.1) is 0 Å². The molecule has 0 aromatic heterocycles. The Labute approximate surface area is 102 Å². The first-order valence-corrected chi connectivity index (χ1v) is 5.91. The van der Waals surface area contributed by atoms with Crippen molar-refractivity contribution >= 4 is 11.7 Å². The van der Waals surface area contributed by atoms with E-state index in [2.05, 4.69) is 5.32 Å². The second kappa shape index (κ2) is 4.37. The molecule has 17 heavy (non-hydrogen) atoms. The minimum atomic E-state index is -0.120. The number of rotatable bonds is 2. The number of nitrogens with one attached hydrogen (secondary N) is 1. The van der Waals surface area contributed by atoms with E-state index in [-0.39, 0.29) is 11.6 Å². The third-order valence-corrected chi connectivity index (χ3v) is 3.15. The fourth-order valence-corrected chi connectivity index (χ4v) is 2.09. The van der Waals surface area contributed by atoms with Gasteiger partial charge in [0.25, 0.3) is 0 Å². The molecule has 0 spiro atoms. The minimum absolute atomic E-state index is 0.0397. The molecule has 2 rings (SSSR count). The molecule has 1 heterocycles. The molecular formula is C13H19N3O. The topological polar surface area (TPSA) is 58.4 Å². The lowest BCUT2D eigenvalue weighted by atomic mass is 9.98. The zero-order valence-corrected chi connectivity index (χ0v) is 10.4. The van der Waals surface area contributed by atoms with Gasteiger partial charge in [0.05, 0.1) is 0 Å². The number of carbonyl (C=O) groups is 1. The highest BCUT2D eigenvalue weighted by molar-refractivity contribution is 5.94. The highest BCUT2D eigenvalue weighted by atomic mass is 16.2. The van der Waals surface area contributed by atoms with Crippen LogP contribution >= 0.6 is 0 Å². The maximum atomic E-state index is 12.1. The summed E-state index contributed by atoms with van der Waals surface area (Å²) < 4.78 is 0. The van der Waals surface area contributed by atoms with E-state index in [1.54, 1.807) is 4.90 Å². The van der Waals surface area contributed by atoms with Gasteiger partial charge in [0, 0.05) is 24.3 Å². The number of carbonyl (C=O) groups excluding carboxylic acids is 1. The van der Waals surface area contributed by atoms with E-state index >= 15 is 0 Å². The molecule has 4 nitrogen and oxygen atoms in total. The van der Waals surface area contributed by atoms with Crippen LogP contribution < -0.4 is 16.0 Å². The van der Waals surface area contributed by atoms with Gasteiger partial charge >= 0.3 is 6.03 Å². The van der Waals surface area contributed by atoms with Gasteiger partial charge in [-0.3, -0.25) is 4.90 Å². The van der Waals surface area contributed by atoms with Crippen LogP contribution in [0.5, 0.6) is 0 Å². The quantitative estimate of drug-likeness (QED) is 0.819. The Balaban J connectivity index is 2.26. The van der Waals surface area contributed by atoms with E-state index in [1.165, 1.54) is 0 Å². The first kappa shape index (κ1) is 11.9. The molecule has 0 atom stereocenters. The Bertz CT molecular complexity index is 428. The molecular weight excluding hydrogens is 214 g/mol. The molecule has 0 unspecified atom stereocenters. The number of nitrogens with zero attached hydrogens (tertiary/aromatic N) is 1. The largest absolute Gasteiger partial charge is 0.333 e. The average molecular weight is 233 g/mol. The Hall–Kier alpha value is -1.55. The van der Waals surface area contributed by atoms with Crippen molar-refractivity contribution in [3.63, 3.8) is 0 Å². The number of benzene rings is 1. The summed E-state index contributed by atoms with van der Waals surface area (Å²) in [5.74, 6) is 0. The highest BCUT2D eigenvalue weighted by Gasteiger charge is 2.31. The van der Waals surface area contributed by atoms with Gasteiger partial charge in [-0.2, -0.15) is 0 Å². The second-order valence-corrected chi connectivity index (χ2v) is 5.05. The molecule has 2 amide bonds. The number of amides is 2. The van der Waals surface area contributed by atoms with Gasteiger partial charge in [0.1, 0.15) is 0 Å². The molecule has 1 saturated heterocycles. The monoisotopic (exact) mass is 233 g/mol. The van der Waals surface area contributed by atoms with Crippen molar-refractivity contribution in [2.75, 3.05) is 11.4 Å². The summed E-state index contributed by atoms with van der Waals surface area (Å²) in [6.45, 7) is 5.26. The molecule has 1 fully saturated rings. The van der Waals surface area contributed by atoms with Crippen molar-refractivity contribution in [1.29, 1.82) is 0 Å². The first-order valence-electron chi connectivity index (χ1n) is 5.91. The van der Waals surface area contributed by atoms with Crippen molar-refractivity contribution in [3.8, 4) is 0 Å². The van der Waals surface area contributed by atoms with Crippen LogP contribution in [0.25, 0.3) is 0 Å². The van der Waals surface area contributed by atoms with Gasteiger partial charge in [-0.25, -0.2) is 4.79 Å². The zero-order valence-electron chi connectivity index (χ0n) is 10.4. The summed E-state index contributed by atoms with van der Waals surface area (Å²) >= 11 is 0. The number of anilines is 1. The van der Waals surface area contributed by atoms with E-state index in [0.29, 0.717) is 6.54 Å². The predicted octanol–water partition coefficient (Wildman–Crippen LogP) is 1.84. The fraction of sp³-hybridized carbons (Fsp3) is 0.462. The normalized spacial score (nSPS) is 19.0. The van der Waals surface area contributed by atoms with Crippen LogP contribution in [0.3, 0.4) is 0 Å². The lowest BCUT2D eigenvalue weighted by molar-refractivity contribution is 0.224. The van der Waals surface area contributed by atoms with E-state index in [0.717, 1.165) is 24.2 Å². The smallest absolute Gasteiger partial charge is 0.322 e. The van der Waals surface area contributed by atoms with E-state index in [4.69, 9.17) is 5.73 Å². The first-order chi connectivity index (χ1) is 8.03. The van der Waals surface area contributed by atoms with Crippen LogP contribution in [0.15, 0.2) is 24.3 Å². The summed E-state index contributed by atoms with van der Waals surface area (Å²) in [5.41, 5.74) is 7.50. The summed E-state index contributed by atoms with van der Waals surface area (Å²) in [7, 11) is 0. The molecule has 0 radical (unpaired) electrons. The standard InChI is InChI=1S/C13H19N3O/c1-13(2)7-8-16(12(17)15-13)11-6-4-3-5-10(11)9-14/h3-6H,7-9,14H2,1-2H3,(H,15,17). The van der Waals surface area contributed by atoms with Crippen molar-refractivity contribution in [1.82, 2.24) is 5.32 Å². The Morgan fingerprint density at radius 3 is 2.76 bits per heavy atom. The third-order valence-electron chi connectivity index (χ3n) is 3.15. The van der Waals surface area contributed by atoms with Crippen LogP contribution in [0.2, 0.25) is 0 Å². The number of hydrogen-bond acceptors (Lipinski definition) is 2. The number of para-hydroxylation sites is 1. The van der Waals surface area contributed by atoms with E-state index < -0.39 is 0 Å². The van der Waals surface area contributed by atoms with E-state index in [1.807, 2.05) is 38.1 Å². The van der Waals surface area contributed by atoms with Crippen molar-refractivity contribution in [2.24, 2.45) is 5.73 Å². The van der Waals surface area contributed by atoms with Crippen LogP contribution in [-0.4, -0.2) is 18.1 Å². The second-order valence-electron chi connectivity index (χ2n) is 5.05. The molecule has 1 aliphatic rings. The summed E-state index contributed by atoms with van der Waals surface area (Å²) in [6, 6.07) is 7.74. The summed E-state index contributed by atoms with van der Waals surface area (Å²) in [4.78, 5) is 13.8. The summed E-state index contributed by atoms with van der Waals surface area (Å²) in [6.07, 6.45) is 0.928. The molecule has 0 aliphatic carbocycles. The fourth-order valence-electron chi connectivity index (χ4n) is 2.09. The molecule has 1 aliphatic heterocycles. The van der Waals surface area contributed by atoms with Gasteiger partial charge in [-0.15, -0.1) is 0 Å². The highest BCUT2D eigenvalue weighted by Crippen LogP contribution is 2.25. The third kappa shape index (κ3) is 2.42. The molecule has 0 saturated carbocycles. The number of nitrogens with two attached hydrogens (primary N) is 1. The lowest BCUT2D eigenvalue weighted by Gasteiger charge is -2.38.